The van der Waals surface area contributed by atoms with Crippen molar-refractivity contribution in [1.29, 1.82) is 0 Å². The van der Waals surface area contributed by atoms with E-state index in [0.29, 0.717) is 18.9 Å². The second-order valence-electron chi connectivity index (χ2n) is 5.67. The molecule has 0 saturated carbocycles. The molecular weight excluding hydrogens is 414 g/mol. The van der Waals surface area contributed by atoms with Gasteiger partial charge >= 0.3 is 12.4 Å². The summed E-state index contributed by atoms with van der Waals surface area (Å²) in [6, 6.07) is 6.42. The second-order valence-corrected chi connectivity index (χ2v) is 6.58. The van der Waals surface area contributed by atoms with Gasteiger partial charge in [-0.05, 0) is 48.2 Å². The fourth-order valence-corrected chi connectivity index (χ4v) is 3.24. The van der Waals surface area contributed by atoms with Crippen LogP contribution in [0.5, 0.6) is 0 Å². The van der Waals surface area contributed by atoms with Crippen molar-refractivity contribution < 1.29 is 26.3 Å². The Balaban J connectivity index is 1.98. The summed E-state index contributed by atoms with van der Waals surface area (Å²) in [5, 5.41) is 2.71. The maximum absolute atomic E-state index is 13.2. The molecule has 2 aromatic rings. The fraction of sp³-hybridized carbons (Fsp3) is 0.312. The van der Waals surface area contributed by atoms with Crippen molar-refractivity contribution in [3.05, 3.63) is 57.3 Å². The first-order valence-electron chi connectivity index (χ1n) is 7.26. The molecule has 1 aliphatic carbocycles. The molecule has 0 fully saturated rings. The zero-order valence-corrected chi connectivity index (χ0v) is 14.1. The van der Waals surface area contributed by atoms with Gasteiger partial charge in [0, 0.05) is 4.47 Å². The van der Waals surface area contributed by atoms with Crippen LogP contribution in [-0.4, -0.2) is 4.98 Å². The van der Waals surface area contributed by atoms with Crippen molar-refractivity contribution in [3.8, 4) is 0 Å². The van der Waals surface area contributed by atoms with Crippen molar-refractivity contribution in [2.24, 2.45) is 0 Å². The van der Waals surface area contributed by atoms with E-state index in [9.17, 15) is 26.3 Å². The number of halogens is 7. The Morgan fingerprint density at radius 2 is 1.72 bits per heavy atom. The monoisotopic (exact) mass is 424 g/mol. The summed E-state index contributed by atoms with van der Waals surface area (Å²) in [4.78, 5) is 2.81. The number of anilines is 1. The molecule has 0 spiro atoms. The molecule has 3 rings (SSSR count). The van der Waals surface area contributed by atoms with Crippen LogP contribution in [0.2, 0.25) is 0 Å². The number of hydrogen-bond acceptors (Lipinski definition) is 2. The Hall–Kier alpha value is -1.77. The predicted molar refractivity (Wildman–Crippen MR) is 83.1 cm³/mol. The number of aromatic nitrogens is 1. The first-order chi connectivity index (χ1) is 11.6. The molecule has 1 atom stereocenters. The number of nitrogens with zero attached hydrogens (tertiary/aromatic N) is 1. The van der Waals surface area contributed by atoms with Crippen molar-refractivity contribution in [3.63, 3.8) is 0 Å². The number of alkyl halides is 6. The molecule has 0 radical (unpaired) electrons. The molecule has 9 heteroatoms. The van der Waals surface area contributed by atoms with E-state index in [1.165, 1.54) is 0 Å². The van der Waals surface area contributed by atoms with Gasteiger partial charge < -0.3 is 5.32 Å². The summed E-state index contributed by atoms with van der Waals surface area (Å²) in [6.07, 6.45) is -8.72. The third kappa shape index (κ3) is 3.75. The van der Waals surface area contributed by atoms with Crippen molar-refractivity contribution in [2.75, 3.05) is 5.32 Å². The molecule has 0 aliphatic heterocycles. The van der Waals surface area contributed by atoms with Gasteiger partial charge in [-0.25, -0.2) is 4.98 Å². The highest BCUT2D eigenvalue weighted by Gasteiger charge is 2.40. The summed E-state index contributed by atoms with van der Waals surface area (Å²) < 4.78 is 78.3. The zero-order chi connectivity index (χ0) is 18.4. The second kappa shape index (κ2) is 6.19. The van der Waals surface area contributed by atoms with Crippen LogP contribution < -0.4 is 5.32 Å². The number of aryl methyl sites for hydroxylation is 1. The Labute approximate surface area is 147 Å². The van der Waals surface area contributed by atoms with Crippen molar-refractivity contribution >= 4 is 21.6 Å². The van der Waals surface area contributed by atoms with Gasteiger partial charge in [0.05, 0.1) is 11.7 Å². The third-order valence-electron chi connectivity index (χ3n) is 3.97. The first kappa shape index (κ1) is 18.0. The lowest BCUT2D eigenvalue weighted by atomic mass is 10.1. The van der Waals surface area contributed by atoms with Crippen LogP contribution >= 0.6 is 15.9 Å². The average Bonchev–Trinajstić information content (AvgIpc) is 2.88. The summed E-state index contributed by atoms with van der Waals surface area (Å²) in [5.41, 5.74) is -1.78. The Morgan fingerprint density at radius 1 is 1.00 bits per heavy atom. The highest BCUT2D eigenvalue weighted by molar-refractivity contribution is 9.10. The zero-order valence-electron chi connectivity index (χ0n) is 12.5. The highest BCUT2D eigenvalue weighted by atomic mass is 79.9. The maximum atomic E-state index is 13.2. The first-order valence-corrected chi connectivity index (χ1v) is 8.05. The van der Waals surface area contributed by atoms with Gasteiger partial charge in [0.2, 0.25) is 0 Å². The van der Waals surface area contributed by atoms with Crippen LogP contribution in [0.1, 0.15) is 35.0 Å². The highest BCUT2D eigenvalue weighted by Crippen LogP contribution is 2.40. The van der Waals surface area contributed by atoms with Gasteiger partial charge in [-0.3, -0.25) is 0 Å². The molecule has 1 aliphatic rings. The van der Waals surface area contributed by atoms with Gasteiger partial charge in [-0.1, -0.05) is 22.0 Å². The molecule has 1 aromatic heterocycles. The lowest BCUT2D eigenvalue weighted by Gasteiger charge is -2.20. The standard InChI is InChI=1S/C16H11BrF6N2/c17-9-3-1-8-2-4-11(10(8)7-9)24-12-5-6-13(15(18,19)20)25-14(12)16(21,22)23/h1,3,5-7,11,24H,2,4H2/t11-/m0/s1. The predicted octanol–water partition coefficient (Wildman–Crippen LogP) is 5.98. The van der Waals surface area contributed by atoms with Gasteiger partial charge in [0.1, 0.15) is 5.69 Å². The molecule has 1 heterocycles. The van der Waals surface area contributed by atoms with Gasteiger partial charge in [0.15, 0.2) is 5.69 Å². The molecule has 0 saturated heterocycles. The molecule has 1 N–H and O–H groups in total. The van der Waals surface area contributed by atoms with Gasteiger partial charge in [-0.15, -0.1) is 0 Å². The van der Waals surface area contributed by atoms with Crippen LogP contribution in [0, 0.1) is 0 Å². The summed E-state index contributed by atoms with van der Waals surface area (Å²) in [7, 11) is 0. The van der Waals surface area contributed by atoms with E-state index in [1.807, 2.05) is 12.1 Å². The van der Waals surface area contributed by atoms with Crippen LogP contribution in [0.25, 0.3) is 0 Å². The number of hydrogen-bond donors (Lipinski definition) is 1. The molecular formula is C16H11BrF6N2. The Kier molecular flexibility index (Phi) is 4.47. The molecule has 134 valence electrons. The molecule has 1 aromatic carbocycles. The number of rotatable bonds is 2. The lowest BCUT2D eigenvalue weighted by Crippen LogP contribution is -2.19. The summed E-state index contributed by atoms with van der Waals surface area (Å²) in [6.45, 7) is 0. The van der Waals surface area contributed by atoms with Crippen LogP contribution in [0.4, 0.5) is 32.0 Å². The smallest absolute Gasteiger partial charge is 0.376 e. The van der Waals surface area contributed by atoms with E-state index < -0.39 is 35.5 Å². The van der Waals surface area contributed by atoms with E-state index in [2.05, 4.69) is 26.2 Å². The lowest BCUT2D eigenvalue weighted by molar-refractivity contribution is -0.149. The molecule has 0 bridgehead atoms. The average molecular weight is 425 g/mol. The van der Waals surface area contributed by atoms with Gasteiger partial charge in [-0.2, -0.15) is 26.3 Å². The molecule has 0 unspecified atom stereocenters. The van der Waals surface area contributed by atoms with E-state index >= 15 is 0 Å². The minimum Gasteiger partial charge on any atom is -0.376 e. The number of benzene rings is 1. The maximum Gasteiger partial charge on any atom is 0.435 e. The minimum atomic E-state index is -5.00. The van der Waals surface area contributed by atoms with Crippen molar-refractivity contribution in [1.82, 2.24) is 4.98 Å². The Morgan fingerprint density at radius 3 is 2.36 bits per heavy atom. The van der Waals surface area contributed by atoms with E-state index in [0.717, 1.165) is 21.7 Å². The normalized spacial score (nSPS) is 17.5. The van der Waals surface area contributed by atoms with Crippen LogP contribution in [-0.2, 0) is 18.8 Å². The largest absolute Gasteiger partial charge is 0.435 e. The quantitative estimate of drug-likeness (QED) is 0.599. The van der Waals surface area contributed by atoms with Gasteiger partial charge in [0.25, 0.3) is 0 Å². The minimum absolute atomic E-state index is 0.424. The number of fused-ring (bicyclic) bond motifs is 1. The molecule has 0 amide bonds. The van der Waals surface area contributed by atoms with E-state index in [1.54, 1.807) is 6.07 Å². The number of pyridine rings is 1. The summed E-state index contributed by atoms with van der Waals surface area (Å²) in [5.74, 6) is 0. The van der Waals surface area contributed by atoms with E-state index in [-0.39, 0.29) is 0 Å². The van der Waals surface area contributed by atoms with E-state index in [4.69, 9.17) is 0 Å². The molecule has 25 heavy (non-hydrogen) atoms. The van der Waals surface area contributed by atoms with Crippen molar-refractivity contribution in [2.45, 2.75) is 31.2 Å². The third-order valence-corrected chi connectivity index (χ3v) is 4.46. The SMILES string of the molecule is FC(F)(F)c1ccc(N[C@H]2CCc3ccc(Br)cc32)c(C(F)(F)F)n1. The molecule has 2 nitrogen and oxygen atoms in total. The Bertz CT molecular complexity index is 800. The number of nitrogens with one attached hydrogen (secondary N) is 1. The fourth-order valence-electron chi connectivity index (χ4n) is 2.86. The van der Waals surface area contributed by atoms with Crippen LogP contribution in [0.15, 0.2) is 34.8 Å². The van der Waals surface area contributed by atoms with Crippen LogP contribution in [0.3, 0.4) is 0 Å². The topological polar surface area (TPSA) is 24.9 Å². The summed E-state index contributed by atoms with van der Waals surface area (Å²) >= 11 is 3.31.